The number of benzene rings is 2. The summed E-state index contributed by atoms with van der Waals surface area (Å²) < 4.78 is 10.9. The fourth-order valence-electron chi connectivity index (χ4n) is 2.88. The number of hydrogen-bond acceptors (Lipinski definition) is 3. The Morgan fingerprint density at radius 2 is 1.57 bits per heavy atom. The van der Waals surface area contributed by atoms with E-state index in [2.05, 4.69) is 37.4 Å². The maximum absolute atomic E-state index is 5.49. The minimum atomic E-state index is 0.0875. The van der Waals surface area contributed by atoms with Gasteiger partial charge < -0.3 is 14.8 Å². The first-order valence-electron chi connectivity index (χ1n) is 7.07. The van der Waals surface area contributed by atoms with Gasteiger partial charge in [-0.15, -0.1) is 0 Å². The predicted octanol–water partition coefficient (Wildman–Crippen LogP) is 3.63. The van der Waals surface area contributed by atoms with Crippen LogP contribution in [0.25, 0.3) is 0 Å². The quantitative estimate of drug-likeness (QED) is 0.910. The lowest BCUT2D eigenvalue weighted by Gasteiger charge is -2.22. The number of methoxy groups -OCH3 is 2. The van der Waals surface area contributed by atoms with Gasteiger partial charge in [0.1, 0.15) is 11.5 Å². The van der Waals surface area contributed by atoms with Gasteiger partial charge in [0.2, 0.25) is 0 Å². The van der Waals surface area contributed by atoms with Crippen LogP contribution in [-0.2, 0) is 0 Å². The maximum Gasteiger partial charge on any atom is 0.124 e. The van der Waals surface area contributed by atoms with Crippen LogP contribution in [0.4, 0.5) is 0 Å². The van der Waals surface area contributed by atoms with E-state index in [1.54, 1.807) is 14.2 Å². The lowest BCUT2D eigenvalue weighted by molar-refractivity contribution is 0.404. The molecule has 0 amide bonds. The third kappa shape index (κ3) is 3.03. The van der Waals surface area contributed by atoms with Crippen LogP contribution in [0.15, 0.2) is 36.4 Å². The van der Waals surface area contributed by atoms with E-state index in [1.165, 1.54) is 5.56 Å². The van der Waals surface area contributed by atoms with E-state index in [9.17, 15) is 0 Å². The molecule has 21 heavy (non-hydrogen) atoms. The molecule has 1 atom stereocenters. The van der Waals surface area contributed by atoms with Crippen molar-refractivity contribution in [3.05, 3.63) is 58.7 Å². The standard InChI is InChI=1S/C18H23NO2/c1-12-10-14(11-13(2)18(12)21-5)17(19-3)15-8-6-7-9-16(15)20-4/h6-11,17,19H,1-5H3. The van der Waals surface area contributed by atoms with E-state index in [0.29, 0.717) is 0 Å². The fraction of sp³-hybridized carbons (Fsp3) is 0.333. The van der Waals surface area contributed by atoms with E-state index in [4.69, 9.17) is 9.47 Å². The molecule has 2 aromatic carbocycles. The number of rotatable bonds is 5. The minimum Gasteiger partial charge on any atom is -0.496 e. The molecule has 0 aliphatic heterocycles. The largest absolute Gasteiger partial charge is 0.496 e. The molecule has 3 nitrogen and oxygen atoms in total. The molecule has 0 heterocycles. The van der Waals surface area contributed by atoms with Crippen LogP contribution in [0.1, 0.15) is 28.3 Å². The zero-order valence-electron chi connectivity index (χ0n) is 13.4. The first-order valence-corrected chi connectivity index (χ1v) is 7.07. The van der Waals surface area contributed by atoms with Crippen LogP contribution in [0.3, 0.4) is 0 Å². The third-order valence-corrected chi connectivity index (χ3v) is 3.76. The molecule has 112 valence electrons. The molecule has 0 spiro atoms. The molecule has 0 aromatic heterocycles. The first-order chi connectivity index (χ1) is 10.1. The lowest BCUT2D eigenvalue weighted by atomic mass is 9.94. The zero-order chi connectivity index (χ0) is 15.4. The number of aryl methyl sites for hydroxylation is 2. The van der Waals surface area contributed by atoms with Gasteiger partial charge in [-0.05, 0) is 43.7 Å². The van der Waals surface area contributed by atoms with Crippen molar-refractivity contribution in [2.24, 2.45) is 0 Å². The molecule has 1 unspecified atom stereocenters. The summed E-state index contributed by atoms with van der Waals surface area (Å²) in [7, 11) is 5.38. The van der Waals surface area contributed by atoms with Gasteiger partial charge in [-0.3, -0.25) is 0 Å². The molecule has 3 heteroatoms. The molecular weight excluding hydrogens is 262 g/mol. The lowest BCUT2D eigenvalue weighted by Crippen LogP contribution is -2.19. The van der Waals surface area contributed by atoms with Gasteiger partial charge in [0.15, 0.2) is 0 Å². The predicted molar refractivity (Wildman–Crippen MR) is 86.4 cm³/mol. The smallest absolute Gasteiger partial charge is 0.124 e. The van der Waals surface area contributed by atoms with E-state index in [1.807, 2.05) is 25.2 Å². The Morgan fingerprint density at radius 3 is 2.10 bits per heavy atom. The molecule has 0 saturated carbocycles. The Bertz CT molecular complexity index is 599. The molecule has 1 N–H and O–H groups in total. The summed E-state index contributed by atoms with van der Waals surface area (Å²) in [6.45, 7) is 4.15. The summed E-state index contributed by atoms with van der Waals surface area (Å²) in [5, 5.41) is 3.38. The van der Waals surface area contributed by atoms with E-state index in [-0.39, 0.29) is 6.04 Å². The SMILES string of the molecule is CNC(c1cc(C)c(OC)c(C)c1)c1ccccc1OC. The van der Waals surface area contributed by atoms with Crippen LogP contribution in [0.2, 0.25) is 0 Å². The summed E-state index contributed by atoms with van der Waals surface area (Å²) >= 11 is 0. The normalized spacial score (nSPS) is 12.0. The molecule has 2 rings (SSSR count). The van der Waals surface area contributed by atoms with Crippen LogP contribution in [0, 0.1) is 13.8 Å². The van der Waals surface area contributed by atoms with E-state index < -0.39 is 0 Å². The monoisotopic (exact) mass is 285 g/mol. The van der Waals surface area contributed by atoms with E-state index >= 15 is 0 Å². The first kappa shape index (κ1) is 15.4. The summed E-state index contributed by atoms with van der Waals surface area (Å²) in [6, 6.07) is 12.5. The minimum absolute atomic E-state index is 0.0875. The van der Waals surface area contributed by atoms with Crippen molar-refractivity contribution in [3.63, 3.8) is 0 Å². The van der Waals surface area contributed by atoms with Crippen molar-refractivity contribution in [1.82, 2.24) is 5.32 Å². The zero-order valence-corrected chi connectivity index (χ0v) is 13.4. The second-order valence-corrected chi connectivity index (χ2v) is 5.15. The van der Waals surface area contributed by atoms with Crippen molar-refractivity contribution in [3.8, 4) is 11.5 Å². The summed E-state index contributed by atoms with van der Waals surface area (Å²) in [4.78, 5) is 0. The van der Waals surface area contributed by atoms with E-state index in [0.717, 1.165) is 28.2 Å². The molecule has 0 aliphatic carbocycles. The van der Waals surface area contributed by atoms with Gasteiger partial charge in [-0.25, -0.2) is 0 Å². The van der Waals surface area contributed by atoms with Crippen LogP contribution in [0.5, 0.6) is 11.5 Å². The Hall–Kier alpha value is -2.00. The number of nitrogens with one attached hydrogen (secondary N) is 1. The van der Waals surface area contributed by atoms with Crippen molar-refractivity contribution < 1.29 is 9.47 Å². The Kier molecular flexibility index (Phi) is 4.86. The highest BCUT2D eigenvalue weighted by Crippen LogP contribution is 2.33. The van der Waals surface area contributed by atoms with Gasteiger partial charge in [0, 0.05) is 5.56 Å². The second-order valence-electron chi connectivity index (χ2n) is 5.15. The topological polar surface area (TPSA) is 30.5 Å². The van der Waals surface area contributed by atoms with Gasteiger partial charge in [0.25, 0.3) is 0 Å². The fourth-order valence-corrected chi connectivity index (χ4v) is 2.88. The van der Waals surface area contributed by atoms with Gasteiger partial charge in [-0.2, -0.15) is 0 Å². The molecule has 0 aliphatic rings. The Balaban J connectivity index is 2.52. The van der Waals surface area contributed by atoms with Gasteiger partial charge in [-0.1, -0.05) is 30.3 Å². The maximum atomic E-state index is 5.49. The molecular formula is C18H23NO2. The average molecular weight is 285 g/mol. The summed E-state index contributed by atoms with van der Waals surface area (Å²) in [5.74, 6) is 1.84. The van der Waals surface area contributed by atoms with Crippen molar-refractivity contribution in [2.75, 3.05) is 21.3 Å². The van der Waals surface area contributed by atoms with Crippen LogP contribution >= 0.6 is 0 Å². The molecule has 2 aromatic rings. The average Bonchev–Trinajstić information content (AvgIpc) is 2.48. The Morgan fingerprint density at radius 1 is 0.952 bits per heavy atom. The van der Waals surface area contributed by atoms with Crippen LogP contribution in [-0.4, -0.2) is 21.3 Å². The highest BCUT2D eigenvalue weighted by atomic mass is 16.5. The molecule has 0 fully saturated rings. The van der Waals surface area contributed by atoms with Crippen molar-refractivity contribution in [1.29, 1.82) is 0 Å². The van der Waals surface area contributed by atoms with Gasteiger partial charge >= 0.3 is 0 Å². The summed E-state index contributed by atoms with van der Waals surface area (Å²) in [6.07, 6.45) is 0. The van der Waals surface area contributed by atoms with Crippen molar-refractivity contribution in [2.45, 2.75) is 19.9 Å². The highest BCUT2D eigenvalue weighted by Gasteiger charge is 2.18. The number of para-hydroxylation sites is 1. The van der Waals surface area contributed by atoms with Gasteiger partial charge in [0.05, 0.1) is 20.3 Å². The molecule has 0 saturated heterocycles. The third-order valence-electron chi connectivity index (χ3n) is 3.76. The highest BCUT2D eigenvalue weighted by molar-refractivity contribution is 5.48. The van der Waals surface area contributed by atoms with Crippen LogP contribution < -0.4 is 14.8 Å². The number of ether oxygens (including phenoxy) is 2. The molecule has 0 bridgehead atoms. The molecule has 0 radical (unpaired) electrons. The Labute approximate surface area is 126 Å². The number of hydrogen-bond donors (Lipinski definition) is 1. The summed E-state index contributed by atoms with van der Waals surface area (Å²) in [5.41, 5.74) is 4.62. The second kappa shape index (κ2) is 6.64. The van der Waals surface area contributed by atoms with Crippen molar-refractivity contribution >= 4 is 0 Å².